The van der Waals surface area contributed by atoms with Gasteiger partial charge in [-0.3, -0.25) is 0 Å². The van der Waals surface area contributed by atoms with Crippen molar-refractivity contribution >= 4 is 34.6 Å². The molecule has 0 aliphatic rings. The molecule has 1 N–H and O–H groups in total. The van der Waals surface area contributed by atoms with Crippen molar-refractivity contribution in [3.8, 4) is 0 Å². The maximum absolute atomic E-state index is 5.89. The first kappa shape index (κ1) is 17.2. The van der Waals surface area contributed by atoms with E-state index in [1.165, 1.54) is 0 Å². The number of anilines is 1. The van der Waals surface area contributed by atoms with Crippen molar-refractivity contribution in [1.82, 2.24) is 9.80 Å². The highest BCUT2D eigenvalue weighted by atomic mass is 35.5. The highest BCUT2D eigenvalue weighted by Crippen LogP contribution is 2.14. The third kappa shape index (κ3) is 6.55. The van der Waals surface area contributed by atoms with Gasteiger partial charge < -0.3 is 15.1 Å². The molecule has 0 saturated carbocycles. The quantitative estimate of drug-likeness (QED) is 0.809. The molecule has 0 aliphatic carbocycles. The molecule has 20 heavy (non-hydrogen) atoms. The second-order valence-electron chi connectivity index (χ2n) is 5.58. The number of likely N-dealkylation sites (N-methyl/N-ethyl adjacent to an activating group) is 1. The van der Waals surface area contributed by atoms with E-state index in [4.69, 9.17) is 23.8 Å². The van der Waals surface area contributed by atoms with Crippen molar-refractivity contribution in [3.05, 3.63) is 29.3 Å². The Bertz CT molecular complexity index is 418. The molecule has 0 unspecified atom stereocenters. The SMILES string of the molecule is CC(C)CN(CCN(C)C)C(=S)Nc1ccc(Cl)cc1. The summed E-state index contributed by atoms with van der Waals surface area (Å²) >= 11 is 11.4. The number of nitrogens with one attached hydrogen (secondary N) is 1. The van der Waals surface area contributed by atoms with E-state index < -0.39 is 0 Å². The molecule has 0 aliphatic heterocycles. The van der Waals surface area contributed by atoms with Gasteiger partial charge in [-0.2, -0.15) is 0 Å². The molecule has 1 rings (SSSR count). The lowest BCUT2D eigenvalue weighted by Gasteiger charge is -2.28. The van der Waals surface area contributed by atoms with Crippen LogP contribution < -0.4 is 5.32 Å². The van der Waals surface area contributed by atoms with Gasteiger partial charge in [-0.25, -0.2) is 0 Å². The molecule has 1 aromatic rings. The Morgan fingerprint density at radius 2 is 1.80 bits per heavy atom. The zero-order chi connectivity index (χ0) is 15.1. The number of thiocarbonyl (C=S) groups is 1. The number of nitrogens with zero attached hydrogens (tertiary/aromatic N) is 2. The van der Waals surface area contributed by atoms with Gasteiger partial charge in [0.25, 0.3) is 0 Å². The minimum Gasteiger partial charge on any atom is -0.347 e. The van der Waals surface area contributed by atoms with E-state index in [-0.39, 0.29) is 0 Å². The molecule has 0 atom stereocenters. The normalized spacial score (nSPS) is 10.9. The van der Waals surface area contributed by atoms with Crippen LogP contribution in [0.25, 0.3) is 0 Å². The standard InChI is InChI=1S/C15H24ClN3S/c1-12(2)11-19(10-9-18(3)4)15(20)17-14-7-5-13(16)6-8-14/h5-8,12H,9-11H2,1-4H3,(H,17,20). The highest BCUT2D eigenvalue weighted by Gasteiger charge is 2.11. The average Bonchev–Trinajstić information content (AvgIpc) is 2.36. The van der Waals surface area contributed by atoms with Crippen LogP contribution in [0.3, 0.4) is 0 Å². The summed E-state index contributed by atoms with van der Waals surface area (Å²) in [5.74, 6) is 0.571. The molecule has 0 amide bonds. The lowest BCUT2D eigenvalue weighted by Crippen LogP contribution is -2.41. The first-order valence-corrected chi connectivity index (χ1v) is 7.63. The van der Waals surface area contributed by atoms with Crippen LogP contribution in [0.5, 0.6) is 0 Å². The van der Waals surface area contributed by atoms with Gasteiger partial charge >= 0.3 is 0 Å². The molecule has 5 heteroatoms. The predicted molar refractivity (Wildman–Crippen MR) is 92.6 cm³/mol. The maximum Gasteiger partial charge on any atom is 0.173 e. The summed E-state index contributed by atoms with van der Waals surface area (Å²) in [6.45, 7) is 7.26. The van der Waals surface area contributed by atoms with Gasteiger partial charge in [-0.05, 0) is 56.5 Å². The molecule has 0 radical (unpaired) electrons. The Morgan fingerprint density at radius 1 is 1.20 bits per heavy atom. The van der Waals surface area contributed by atoms with Crippen LogP contribution in [-0.4, -0.2) is 48.6 Å². The third-order valence-electron chi connectivity index (χ3n) is 2.79. The molecule has 0 aromatic heterocycles. The Kier molecular flexibility index (Phi) is 7.27. The van der Waals surface area contributed by atoms with Crippen molar-refractivity contribution in [2.75, 3.05) is 39.0 Å². The molecule has 0 heterocycles. The zero-order valence-corrected chi connectivity index (χ0v) is 14.3. The third-order valence-corrected chi connectivity index (χ3v) is 3.40. The molecule has 0 fully saturated rings. The summed E-state index contributed by atoms with van der Waals surface area (Å²) in [5.41, 5.74) is 0.970. The van der Waals surface area contributed by atoms with E-state index in [0.29, 0.717) is 5.92 Å². The molecular weight excluding hydrogens is 290 g/mol. The monoisotopic (exact) mass is 313 g/mol. The van der Waals surface area contributed by atoms with Gasteiger partial charge in [-0.15, -0.1) is 0 Å². The second-order valence-corrected chi connectivity index (χ2v) is 6.40. The van der Waals surface area contributed by atoms with Gasteiger partial charge in [0, 0.05) is 30.3 Å². The van der Waals surface area contributed by atoms with Crippen molar-refractivity contribution < 1.29 is 0 Å². The predicted octanol–water partition coefficient (Wildman–Crippen LogP) is 3.56. The Balaban J connectivity index is 2.64. The Hall–Kier alpha value is -0.840. The summed E-state index contributed by atoms with van der Waals surface area (Å²) in [7, 11) is 4.15. The molecule has 1 aromatic carbocycles. The summed E-state index contributed by atoms with van der Waals surface area (Å²) in [4.78, 5) is 4.38. The fourth-order valence-corrected chi connectivity index (χ4v) is 2.18. The minimum absolute atomic E-state index is 0.571. The van der Waals surface area contributed by atoms with E-state index in [0.717, 1.165) is 35.5 Å². The largest absolute Gasteiger partial charge is 0.347 e. The lowest BCUT2D eigenvalue weighted by molar-refractivity contribution is 0.310. The van der Waals surface area contributed by atoms with Gasteiger partial charge in [0.1, 0.15) is 0 Å². The van der Waals surface area contributed by atoms with E-state index in [9.17, 15) is 0 Å². The Labute approximate surface area is 132 Å². The van der Waals surface area contributed by atoms with Crippen LogP contribution in [0, 0.1) is 5.92 Å². The smallest absolute Gasteiger partial charge is 0.173 e. The summed E-state index contributed by atoms with van der Waals surface area (Å²) < 4.78 is 0. The van der Waals surface area contributed by atoms with Crippen molar-refractivity contribution in [2.24, 2.45) is 5.92 Å². The first-order chi connectivity index (χ1) is 9.38. The van der Waals surface area contributed by atoms with Crippen LogP contribution in [0.2, 0.25) is 5.02 Å². The highest BCUT2D eigenvalue weighted by molar-refractivity contribution is 7.80. The molecular formula is C15H24ClN3S. The van der Waals surface area contributed by atoms with Crippen LogP contribution in [0.4, 0.5) is 5.69 Å². The average molecular weight is 314 g/mol. The second kappa shape index (κ2) is 8.45. The molecule has 3 nitrogen and oxygen atoms in total. The van der Waals surface area contributed by atoms with Gasteiger partial charge in [-0.1, -0.05) is 25.4 Å². The molecule has 0 spiro atoms. The van der Waals surface area contributed by atoms with Crippen LogP contribution in [0.15, 0.2) is 24.3 Å². The molecule has 112 valence electrons. The topological polar surface area (TPSA) is 18.5 Å². The summed E-state index contributed by atoms with van der Waals surface area (Å²) in [6, 6.07) is 7.60. The van der Waals surface area contributed by atoms with Crippen LogP contribution in [-0.2, 0) is 0 Å². The van der Waals surface area contributed by atoms with Crippen molar-refractivity contribution in [3.63, 3.8) is 0 Å². The summed E-state index contributed by atoms with van der Waals surface area (Å²) in [6.07, 6.45) is 0. The fraction of sp³-hybridized carbons (Fsp3) is 0.533. The lowest BCUT2D eigenvalue weighted by atomic mass is 10.2. The van der Waals surface area contributed by atoms with Crippen LogP contribution in [0.1, 0.15) is 13.8 Å². The molecule has 0 bridgehead atoms. The van der Waals surface area contributed by atoms with E-state index >= 15 is 0 Å². The fourth-order valence-electron chi connectivity index (χ4n) is 1.77. The van der Waals surface area contributed by atoms with Gasteiger partial charge in [0.15, 0.2) is 5.11 Å². The Morgan fingerprint density at radius 3 is 2.30 bits per heavy atom. The first-order valence-electron chi connectivity index (χ1n) is 6.84. The molecule has 0 saturated heterocycles. The number of rotatable bonds is 6. The van der Waals surface area contributed by atoms with E-state index in [1.54, 1.807) is 0 Å². The minimum atomic E-state index is 0.571. The van der Waals surface area contributed by atoms with Crippen LogP contribution >= 0.6 is 23.8 Å². The van der Waals surface area contributed by atoms with E-state index in [1.807, 2.05) is 24.3 Å². The van der Waals surface area contributed by atoms with E-state index in [2.05, 4.69) is 43.1 Å². The number of hydrogen-bond donors (Lipinski definition) is 1. The summed E-state index contributed by atoms with van der Waals surface area (Å²) in [5, 5.41) is 4.77. The van der Waals surface area contributed by atoms with Gasteiger partial charge in [0.05, 0.1) is 0 Å². The maximum atomic E-state index is 5.89. The van der Waals surface area contributed by atoms with Crippen molar-refractivity contribution in [2.45, 2.75) is 13.8 Å². The van der Waals surface area contributed by atoms with Gasteiger partial charge in [0.2, 0.25) is 0 Å². The number of halogens is 1. The zero-order valence-electron chi connectivity index (χ0n) is 12.7. The number of hydrogen-bond acceptors (Lipinski definition) is 2. The number of benzene rings is 1. The van der Waals surface area contributed by atoms with Crippen molar-refractivity contribution in [1.29, 1.82) is 0 Å².